The zero-order valence-electron chi connectivity index (χ0n) is 14.4. The van der Waals surface area contributed by atoms with Gasteiger partial charge in [-0.3, -0.25) is 4.79 Å². The van der Waals surface area contributed by atoms with E-state index in [1.807, 2.05) is 20.8 Å². The van der Waals surface area contributed by atoms with E-state index in [4.69, 9.17) is 17.0 Å². The third-order valence-electron chi connectivity index (χ3n) is 4.41. The van der Waals surface area contributed by atoms with Crippen LogP contribution in [0.2, 0.25) is 0 Å². The standard InChI is InChI=1S/C16H22O4/c1-10(2)5-6-12-15(3,20-12)14-13(18-4)11(17)7-8-16(14)9-19-16/h5,7-8,12-14H,6,9H2,1-4H3/t12-,13-,14-,15?,16+/m1/s1/i7D,13D. The van der Waals surface area contributed by atoms with Crippen LogP contribution < -0.4 is 0 Å². The molecule has 5 atom stereocenters. The van der Waals surface area contributed by atoms with Crippen LogP contribution in [-0.4, -0.2) is 42.9 Å². The highest BCUT2D eigenvalue weighted by atomic mass is 16.6. The van der Waals surface area contributed by atoms with Gasteiger partial charge in [-0.1, -0.05) is 11.6 Å². The van der Waals surface area contributed by atoms with Gasteiger partial charge in [0.15, 0.2) is 5.78 Å². The Labute approximate surface area is 122 Å². The molecule has 0 saturated carbocycles. The van der Waals surface area contributed by atoms with Gasteiger partial charge < -0.3 is 14.2 Å². The fraction of sp³-hybridized carbons (Fsp3) is 0.688. The third-order valence-corrected chi connectivity index (χ3v) is 4.41. The lowest BCUT2D eigenvalue weighted by Gasteiger charge is -2.34. The molecule has 4 nitrogen and oxygen atoms in total. The monoisotopic (exact) mass is 280 g/mol. The van der Waals surface area contributed by atoms with Gasteiger partial charge in [0.2, 0.25) is 0 Å². The van der Waals surface area contributed by atoms with Crippen LogP contribution in [0.4, 0.5) is 0 Å². The summed E-state index contributed by atoms with van der Waals surface area (Å²) in [6, 6.07) is -0.212. The van der Waals surface area contributed by atoms with E-state index in [-0.39, 0.29) is 12.2 Å². The van der Waals surface area contributed by atoms with Gasteiger partial charge in [-0.05, 0) is 39.3 Å². The zero-order chi connectivity index (χ0) is 16.3. The number of hydrogen-bond acceptors (Lipinski definition) is 4. The Bertz CT molecular complexity index is 577. The molecule has 4 heteroatoms. The molecule has 2 aliphatic heterocycles. The largest absolute Gasteiger partial charge is 0.373 e. The van der Waals surface area contributed by atoms with E-state index in [0.717, 1.165) is 6.42 Å². The SMILES string of the molecule is [2H]C1=C[C@]2(CO2)[C@@H](C2(C)O[C@@H]2CC=C(C)C)[C@]([2H])(OC)C1=O. The molecule has 2 fully saturated rings. The maximum absolute atomic E-state index is 12.4. The molecule has 2 saturated heterocycles. The number of allylic oxidation sites excluding steroid dienone is 1. The number of epoxide rings is 2. The van der Waals surface area contributed by atoms with Crippen LogP contribution in [0.1, 0.15) is 29.9 Å². The van der Waals surface area contributed by atoms with Crippen molar-refractivity contribution in [2.45, 2.75) is 50.6 Å². The van der Waals surface area contributed by atoms with E-state index in [1.54, 1.807) is 0 Å². The van der Waals surface area contributed by atoms with Crippen LogP contribution in [0.5, 0.6) is 0 Å². The normalized spacial score (nSPS) is 51.2. The first kappa shape index (κ1) is 11.7. The minimum atomic E-state index is -1.84. The van der Waals surface area contributed by atoms with Crippen molar-refractivity contribution in [3.05, 3.63) is 23.8 Å². The Morgan fingerprint density at radius 2 is 2.40 bits per heavy atom. The summed E-state index contributed by atoms with van der Waals surface area (Å²) in [5, 5.41) is 0. The van der Waals surface area contributed by atoms with Gasteiger partial charge in [-0.2, -0.15) is 0 Å². The van der Waals surface area contributed by atoms with E-state index in [9.17, 15) is 4.79 Å². The van der Waals surface area contributed by atoms with Crippen LogP contribution in [0, 0.1) is 5.92 Å². The highest BCUT2D eigenvalue weighted by molar-refractivity contribution is 5.95. The summed E-state index contributed by atoms with van der Waals surface area (Å²) in [4.78, 5) is 12.4. The summed E-state index contributed by atoms with van der Waals surface area (Å²) in [5.74, 6) is -1.20. The molecule has 20 heavy (non-hydrogen) atoms. The van der Waals surface area contributed by atoms with Crippen LogP contribution in [-0.2, 0) is 19.0 Å². The fourth-order valence-corrected chi connectivity index (χ4v) is 3.14. The van der Waals surface area contributed by atoms with Gasteiger partial charge in [0.1, 0.15) is 17.3 Å². The van der Waals surface area contributed by atoms with Gasteiger partial charge in [0.05, 0.1) is 21.4 Å². The minimum absolute atomic E-state index is 0.0677. The number of rotatable bonds is 4. The summed E-state index contributed by atoms with van der Waals surface area (Å²) in [6.07, 6.45) is 2.44. The Morgan fingerprint density at radius 3 is 2.95 bits per heavy atom. The molecule has 3 rings (SSSR count). The van der Waals surface area contributed by atoms with E-state index in [2.05, 4.69) is 6.08 Å². The molecule has 1 unspecified atom stereocenters. The molecule has 1 spiro atoms. The molecule has 110 valence electrons. The lowest BCUT2D eigenvalue weighted by atomic mass is 9.72. The number of carbonyl (C=O) groups excluding carboxylic acids is 1. The minimum Gasteiger partial charge on any atom is -0.373 e. The third kappa shape index (κ3) is 2.07. The second-order valence-electron chi connectivity index (χ2n) is 6.17. The quantitative estimate of drug-likeness (QED) is 0.584. The Kier molecular flexibility index (Phi) is 2.63. The second kappa shape index (κ2) is 4.52. The predicted octanol–water partition coefficient (Wildman–Crippen LogP) is 2.04. The molecule has 0 aromatic heterocycles. The van der Waals surface area contributed by atoms with E-state index < -0.39 is 29.0 Å². The van der Waals surface area contributed by atoms with Gasteiger partial charge in [0.25, 0.3) is 0 Å². The van der Waals surface area contributed by atoms with Crippen molar-refractivity contribution in [1.29, 1.82) is 0 Å². The molecule has 0 amide bonds. The topological polar surface area (TPSA) is 51.4 Å². The van der Waals surface area contributed by atoms with Crippen molar-refractivity contribution in [2.24, 2.45) is 5.92 Å². The number of ketones is 1. The highest BCUT2D eigenvalue weighted by Gasteiger charge is 2.70. The number of hydrogen-bond donors (Lipinski definition) is 0. The average Bonchev–Trinajstić information content (AvgIpc) is 3.34. The lowest BCUT2D eigenvalue weighted by Crippen LogP contribution is -2.50. The van der Waals surface area contributed by atoms with Gasteiger partial charge >= 0.3 is 0 Å². The molecule has 0 bridgehead atoms. The van der Waals surface area contributed by atoms with Crippen molar-refractivity contribution in [3.63, 3.8) is 0 Å². The lowest BCUT2D eigenvalue weighted by molar-refractivity contribution is -0.132. The first-order valence-corrected chi connectivity index (χ1v) is 6.94. The molecular formula is C16H22O4. The second-order valence-corrected chi connectivity index (χ2v) is 6.17. The maximum Gasteiger partial charge on any atom is 0.184 e. The predicted molar refractivity (Wildman–Crippen MR) is 74.4 cm³/mol. The van der Waals surface area contributed by atoms with Gasteiger partial charge in [0, 0.05) is 7.11 Å². The van der Waals surface area contributed by atoms with Crippen molar-refractivity contribution >= 4 is 5.78 Å². The van der Waals surface area contributed by atoms with Crippen LogP contribution in [0.15, 0.2) is 23.8 Å². The van der Waals surface area contributed by atoms with E-state index >= 15 is 0 Å². The van der Waals surface area contributed by atoms with E-state index in [0.29, 0.717) is 6.61 Å². The Morgan fingerprint density at radius 1 is 1.70 bits per heavy atom. The average molecular weight is 280 g/mol. The molecule has 1 aliphatic carbocycles. The summed E-state index contributed by atoms with van der Waals surface area (Å²) in [7, 11) is 1.34. The number of carbonyl (C=O) groups is 1. The highest BCUT2D eigenvalue weighted by Crippen LogP contribution is 2.57. The van der Waals surface area contributed by atoms with Crippen molar-refractivity contribution in [1.82, 2.24) is 0 Å². The first-order valence-electron chi connectivity index (χ1n) is 7.94. The molecule has 0 N–H and O–H groups in total. The fourth-order valence-electron chi connectivity index (χ4n) is 3.14. The van der Waals surface area contributed by atoms with Crippen molar-refractivity contribution in [2.75, 3.05) is 13.7 Å². The number of methoxy groups -OCH3 is 1. The Balaban J connectivity index is 1.95. The van der Waals surface area contributed by atoms with Gasteiger partial charge in [-0.15, -0.1) is 0 Å². The molecule has 0 radical (unpaired) electrons. The van der Waals surface area contributed by atoms with E-state index in [1.165, 1.54) is 18.8 Å². The molecule has 2 heterocycles. The van der Waals surface area contributed by atoms with Crippen LogP contribution in [0.3, 0.4) is 0 Å². The zero-order valence-corrected chi connectivity index (χ0v) is 12.4. The maximum atomic E-state index is 12.4. The molecule has 3 aliphatic rings. The molecular weight excluding hydrogens is 256 g/mol. The summed E-state index contributed by atoms with van der Waals surface area (Å²) < 4.78 is 33.1. The van der Waals surface area contributed by atoms with Gasteiger partial charge in [-0.25, -0.2) is 0 Å². The van der Waals surface area contributed by atoms with Crippen molar-refractivity contribution in [3.8, 4) is 0 Å². The van der Waals surface area contributed by atoms with Crippen molar-refractivity contribution < 1.29 is 21.7 Å². The van der Waals surface area contributed by atoms with Crippen LogP contribution >= 0.6 is 0 Å². The molecule has 0 aromatic carbocycles. The summed E-state index contributed by atoms with van der Waals surface area (Å²) in [6.45, 7) is 6.34. The van der Waals surface area contributed by atoms with Crippen LogP contribution in [0.25, 0.3) is 0 Å². The first-order chi connectivity index (χ1) is 10.2. The molecule has 0 aromatic rings. The Hall–Kier alpha value is -0.970. The summed E-state index contributed by atoms with van der Waals surface area (Å²) >= 11 is 0. The number of ether oxygens (including phenoxy) is 3. The summed E-state index contributed by atoms with van der Waals surface area (Å²) in [5.41, 5.74) is -0.239. The smallest absolute Gasteiger partial charge is 0.184 e.